The van der Waals surface area contributed by atoms with Crippen molar-refractivity contribution < 1.29 is 9.18 Å². The molecule has 6 heteroatoms. The Morgan fingerprint density at radius 3 is 3.18 bits per heavy atom. The predicted molar refractivity (Wildman–Crippen MR) is 85.2 cm³/mol. The Labute approximate surface area is 132 Å². The number of amides is 1. The highest BCUT2D eigenvalue weighted by Crippen LogP contribution is 2.24. The molecule has 1 fully saturated rings. The molecule has 4 nitrogen and oxygen atoms in total. The molecule has 2 N–H and O–H groups in total. The maximum Gasteiger partial charge on any atom is 0.226 e. The van der Waals surface area contributed by atoms with Crippen molar-refractivity contribution in [3.05, 3.63) is 41.2 Å². The minimum atomic E-state index is -0.281. The smallest absolute Gasteiger partial charge is 0.226 e. The van der Waals surface area contributed by atoms with Crippen LogP contribution in [0, 0.1) is 5.82 Å². The quantitative estimate of drug-likeness (QED) is 0.909. The van der Waals surface area contributed by atoms with E-state index in [1.54, 1.807) is 6.07 Å². The maximum atomic E-state index is 13.2. The molecule has 0 spiro atoms. The van der Waals surface area contributed by atoms with Gasteiger partial charge in [-0.15, -0.1) is 11.3 Å². The first-order chi connectivity index (χ1) is 10.7. The van der Waals surface area contributed by atoms with Gasteiger partial charge in [0.2, 0.25) is 5.91 Å². The summed E-state index contributed by atoms with van der Waals surface area (Å²) < 4.78 is 13.2. The molecule has 22 heavy (non-hydrogen) atoms. The Morgan fingerprint density at radius 2 is 2.41 bits per heavy atom. The van der Waals surface area contributed by atoms with Crippen molar-refractivity contribution in [3.63, 3.8) is 0 Å². The number of nitrogens with one attached hydrogen (secondary N) is 2. The van der Waals surface area contributed by atoms with Gasteiger partial charge >= 0.3 is 0 Å². The number of piperidine rings is 1. The predicted octanol–water partition coefficient (Wildman–Crippen LogP) is 2.36. The summed E-state index contributed by atoms with van der Waals surface area (Å²) in [5.74, 6) is -0.290. The van der Waals surface area contributed by atoms with Crippen LogP contribution in [0.4, 0.5) is 4.39 Å². The molecule has 1 aromatic carbocycles. The number of aromatic nitrogens is 1. The molecule has 0 bridgehead atoms. The molecule has 1 atom stereocenters. The average Bonchev–Trinajstić information content (AvgIpc) is 2.96. The van der Waals surface area contributed by atoms with E-state index in [0.29, 0.717) is 0 Å². The Kier molecular flexibility index (Phi) is 4.80. The average molecular weight is 319 g/mol. The molecule has 116 valence electrons. The number of benzene rings is 1. The van der Waals surface area contributed by atoms with Gasteiger partial charge in [-0.1, -0.05) is 12.1 Å². The third kappa shape index (κ3) is 3.90. The number of thiazole rings is 1. The Bertz CT molecular complexity index is 652. The zero-order chi connectivity index (χ0) is 15.4. The lowest BCUT2D eigenvalue weighted by Gasteiger charge is -2.23. The summed E-state index contributed by atoms with van der Waals surface area (Å²) in [7, 11) is 0. The first-order valence-electron chi connectivity index (χ1n) is 7.41. The maximum absolute atomic E-state index is 13.2. The molecule has 0 aliphatic carbocycles. The molecule has 0 radical (unpaired) electrons. The van der Waals surface area contributed by atoms with Crippen LogP contribution >= 0.6 is 11.3 Å². The van der Waals surface area contributed by atoms with Gasteiger partial charge in [-0.25, -0.2) is 9.37 Å². The zero-order valence-corrected chi connectivity index (χ0v) is 13.0. The monoisotopic (exact) mass is 319 g/mol. The summed E-state index contributed by atoms with van der Waals surface area (Å²) in [6.45, 7) is 1.85. The number of hydrogen-bond donors (Lipinski definition) is 2. The van der Waals surface area contributed by atoms with Gasteiger partial charge in [-0.2, -0.15) is 0 Å². The van der Waals surface area contributed by atoms with Crippen LogP contribution in [0.5, 0.6) is 0 Å². The normalized spacial score (nSPS) is 18.1. The largest absolute Gasteiger partial charge is 0.352 e. The van der Waals surface area contributed by atoms with Crippen molar-refractivity contribution in [2.24, 2.45) is 0 Å². The van der Waals surface area contributed by atoms with Crippen molar-refractivity contribution >= 4 is 17.2 Å². The number of hydrogen-bond acceptors (Lipinski definition) is 4. The van der Waals surface area contributed by atoms with E-state index in [1.165, 1.54) is 23.5 Å². The second-order valence-corrected chi connectivity index (χ2v) is 6.30. The van der Waals surface area contributed by atoms with E-state index >= 15 is 0 Å². The lowest BCUT2D eigenvalue weighted by molar-refractivity contribution is -0.121. The summed E-state index contributed by atoms with van der Waals surface area (Å²) in [6, 6.07) is 6.55. The van der Waals surface area contributed by atoms with Gasteiger partial charge in [0, 0.05) is 23.5 Å². The lowest BCUT2D eigenvalue weighted by atomic mass is 10.1. The van der Waals surface area contributed by atoms with Crippen molar-refractivity contribution in [2.45, 2.75) is 25.3 Å². The third-order valence-corrected chi connectivity index (χ3v) is 4.57. The van der Waals surface area contributed by atoms with Gasteiger partial charge in [-0.3, -0.25) is 4.79 Å². The standard InChI is InChI=1S/C16H18FN3OS/c17-12-4-1-3-11(7-12)16-20-14(10-22-16)8-15(21)19-13-5-2-6-18-9-13/h1,3-4,7,10,13,18H,2,5-6,8-9H2,(H,19,21)/t13-/m0/s1. The Balaban J connectivity index is 1.60. The molecule has 0 saturated carbocycles. The van der Waals surface area contributed by atoms with Gasteiger partial charge in [0.05, 0.1) is 12.1 Å². The molecular formula is C16H18FN3OS. The second kappa shape index (κ2) is 6.98. The van der Waals surface area contributed by atoms with E-state index in [4.69, 9.17) is 0 Å². The van der Waals surface area contributed by atoms with E-state index in [2.05, 4.69) is 15.6 Å². The van der Waals surface area contributed by atoms with Crippen LogP contribution in [0.3, 0.4) is 0 Å². The fourth-order valence-corrected chi connectivity index (χ4v) is 3.38. The van der Waals surface area contributed by atoms with Gasteiger partial charge in [0.15, 0.2) is 0 Å². The van der Waals surface area contributed by atoms with E-state index in [1.807, 2.05) is 11.4 Å². The molecule has 2 heterocycles. The van der Waals surface area contributed by atoms with Crippen LogP contribution < -0.4 is 10.6 Å². The topological polar surface area (TPSA) is 54.0 Å². The van der Waals surface area contributed by atoms with Gasteiger partial charge in [0.25, 0.3) is 0 Å². The number of rotatable bonds is 4. The van der Waals surface area contributed by atoms with Crippen molar-refractivity contribution in [1.29, 1.82) is 0 Å². The number of carbonyl (C=O) groups excluding carboxylic acids is 1. The minimum Gasteiger partial charge on any atom is -0.352 e. The molecule has 1 aliphatic rings. The molecule has 1 saturated heterocycles. The number of nitrogens with zero attached hydrogens (tertiary/aromatic N) is 1. The molecule has 1 aromatic heterocycles. The first-order valence-corrected chi connectivity index (χ1v) is 8.29. The Hall–Kier alpha value is -1.79. The molecular weight excluding hydrogens is 301 g/mol. The highest BCUT2D eigenvalue weighted by Gasteiger charge is 2.16. The van der Waals surface area contributed by atoms with E-state index in [-0.39, 0.29) is 24.2 Å². The first kappa shape index (κ1) is 15.1. The lowest BCUT2D eigenvalue weighted by Crippen LogP contribution is -2.46. The van der Waals surface area contributed by atoms with Crippen LogP contribution in [-0.4, -0.2) is 30.0 Å². The van der Waals surface area contributed by atoms with Crippen molar-refractivity contribution in [2.75, 3.05) is 13.1 Å². The summed E-state index contributed by atoms with van der Waals surface area (Å²) in [6.07, 6.45) is 2.37. The van der Waals surface area contributed by atoms with Crippen molar-refractivity contribution in [3.8, 4) is 10.6 Å². The minimum absolute atomic E-state index is 0.00945. The van der Waals surface area contributed by atoms with E-state index < -0.39 is 0 Å². The number of carbonyl (C=O) groups is 1. The van der Waals surface area contributed by atoms with Crippen molar-refractivity contribution in [1.82, 2.24) is 15.6 Å². The fraction of sp³-hybridized carbons (Fsp3) is 0.375. The van der Waals surface area contributed by atoms with Crippen LogP contribution in [0.1, 0.15) is 18.5 Å². The summed E-state index contributed by atoms with van der Waals surface area (Å²) >= 11 is 1.43. The zero-order valence-electron chi connectivity index (χ0n) is 12.1. The highest BCUT2D eigenvalue weighted by atomic mass is 32.1. The summed E-state index contributed by atoms with van der Waals surface area (Å²) in [4.78, 5) is 16.5. The second-order valence-electron chi connectivity index (χ2n) is 5.44. The number of halogens is 1. The summed E-state index contributed by atoms with van der Waals surface area (Å²) in [5.41, 5.74) is 1.47. The fourth-order valence-electron chi connectivity index (χ4n) is 2.56. The van der Waals surface area contributed by atoms with Crippen LogP contribution in [0.2, 0.25) is 0 Å². The molecule has 2 aromatic rings. The highest BCUT2D eigenvalue weighted by molar-refractivity contribution is 7.13. The summed E-state index contributed by atoms with van der Waals surface area (Å²) in [5, 5.41) is 8.90. The SMILES string of the molecule is O=C(Cc1csc(-c2cccc(F)c2)n1)N[C@H]1CCCNC1. The van der Waals surface area contributed by atoms with Gasteiger partial charge < -0.3 is 10.6 Å². The van der Waals surface area contributed by atoms with E-state index in [0.717, 1.165) is 42.2 Å². The van der Waals surface area contributed by atoms with Gasteiger partial charge in [0.1, 0.15) is 10.8 Å². The van der Waals surface area contributed by atoms with Crippen LogP contribution in [0.25, 0.3) is 10.6 Å². The van der Waals surface area contributed by atoms with E-state index in [9.17, 15) is 9.18 Å². The molecule has 1 aliphatic heterocycles. The Morgan fingerprint density at radius 1 is 1.50 bits per heavy atom. The van der Waals surface area contributed by atoms with Crippen LogP contribution in [-0.2, 0) is 11.2 Å². The van der Waals surface area contributed by atoms with Gasteiger partial charge in [-0.05, 0) is 31.5 Å². The molecule has 0 unspecified atom stereocenters. The van der Waals surface area contributed by atoms with Crippen LogP contribution in [0.15, 0.2) is 29.6 Å². The molecule has 3 rings (SSSR count). The third-order valence-electron chi connectivity index (χ3n) is 3.63. The molecule has 1 amide bonds.